The summed E-state index contributed by atoms with van der Waals surface area (Å²) >= 11 is 1.28. The summed E-state index contributed by atoms with van der Waals surface area (Å²) in [6, 6.07) is 11.0. The molecule has 1 heterocycles. The zero-order valence-corrected chi connectivity index (χ0v) is 17.4. The average Bonchev–Trinajstić information content (AvgIpc) is 3.14. The Hall–Kier alpha value is -2.18. The maximum absolute atomic E-state index is 12.1. The Bertz CT molecular complexity index is 769. The fraction of sp³-hybridized carbons (Fsp3) is 0.455. The molecule has 1 aromatic heterocycles. The number of nitrogens with zero attached hydrogens (tertiary/aromatic N) is 1. The molecule has 2 N–H and O–H groups in total. The number of anilines is 1. The van der Waals surface area contributed by atoms with E-state index in [1.807, 2.05) is 30.3 Å². The molecule has 5 nitrogen and oxygen atoms in total. The van der Waals surface area contributed by atoms with Crippen molar-refractivity contribution in [3.8, 4) is 0 Å². The van der Waals surface area contributed by atoms with E-state index < -0.39 is 12.1 Å². The van der Waals surface area contributed by atoms with Gasteiger partial charge in [0.2, 0.25) is 5.91 Å². The van der Waals surface area contributed by atoms with Gasteiger partial charge in [0, 0.05) is 24.0 Å². The van der Waals surface area contributed by atoms with E-state index in [2.05, 4.69) is 6.92 Å². The Labute approximate surface area is 170 Å². The van der Waals surface area contributed by atoms with Crippen LogP contribution in [0.1, 0.15) is 72.2 Å². The molecule has 0 fully saturated rings. The van der Waals surface area contributed by atoms with E-state index in [-0.39, 0.29) is 5.91 Å². The van der Waals surface area contributed by atoms with Crippen molar-refractivity contribution < 1.29 is 19.8 Å². The number of hydrogen-bond acceptors (Lipinski definition) is 4. The molecule has 28 heavy (non-hydrogen) atoms. The zero-order chi connectivity index (χ0) is 20.5. The van der Waals surface area contributed by atoms with Gasteiger partial charge in [-0.2, -0.15) is 0 Å². The van der Waals surface area contributed by atoms with Gasteiger partial charge in [-0.1, -0.05) is 38.3 Å². The van der Waals surface area contributed by atoms with Gasteiger partial charge in [0.1, 0.15) is 4.88 Å². The normalized spacial score (nSPS) is 12.0. The molecule has 1 amide bonds. The van der Waals surface area contributed by atoms with E-state index in [4.69, 9.17) is 5.11 Å². The second kappa shape index (κ2) is 11.0. The number of aryl methyl sites for hydroxylation is 1. The highest BCUT2D eigenvalue weighted by Crippen LogP contribution is 2.24. The monoisotopic (exact) mass is 403 g/mol. The lowest BCUT2D eigenvalue weighted by Gasteiger charge is -2.22. The summed E-state index contributed by atoms with van der Waals surface area (Å²) in [5, 5.41) is 19.3. The fourth-order valence-corrected chi connectivity index (χ4v) is 4.03. The molecule has 1 unspecified atom stereocenters. The summed E-state index contributed by atoms with van der Waals surface area (Å²) in [4.78, 5) is 26.1. The molecule has 0 saturated carbocycles. The van der Waals surface area contributed by atoms with E-state index in [1.165, 1.54) is 11.3 Å². The number of aromatic carboxylic acids is 1. The standard InChI is InChI=1S/C22H29NO4S/c1-3-4-5-8-20(25)17-9-11-18(12-10-17)23(16(2)24)15-6-7-19-13-14-21(28-19)22(26)27/h9-14,20,25H,3-8,15H2,1-2H3,(H,26,27). The number of thiophene rings is 1. The first-order valence-electron chi connectivity index (χ1n) is 9.80. The van der Waals surface area contributed by atoms with Crippen LogP contribution in [0.15, 0.2) is 36.4 Å². The average molecular weight is 404 g/mol. The smallest absolute Gasteiger partial charge is 0.345 e. The van der Waals surface area contributed by atoms with Gasteiger partial charge >= 0.3 is 5.97 Å². The highest BCUT2D eigenvalue weighted by atomic mass is 32.1. The second-order valence-electron chi connectivity index (χ2n) is 6.95. The van der Waals surface area contributed by atoms with Crippen molar-refractivity contribution in [2.45, 2.75) is 58.5 Å². The minimum atomic E-state index is -0.904. The molecule has 152 valence electrons. The van der Waals surface area contributed by atoms with Gasteiger partial charge in [-0.3, -0.25) is 4.79 Å². The number of carbonyl (C=O) groups excluding carboxylic acids is 1. The van der Waals surface area contributed by atoms with Crippen molar-refractivity contribution in [1.29, 1.82) is 0 Å². The number of carboxylic acid groups (broad SMARTS) is 1. The molecule has 0 bridgehead atoms. The van der Waals surface area contributed by atoms with Crippen LogP contribution in [0.25, 0.3) is 0 Å². The molecular formula is C22H29NO4S. The van der Waals surface area contributed by atoms with Gasteiger partial charge in [-0.25, -0.2) is 4.79 Å². The number of benzene rings is 1. The summed E-state index contributed by atoms with van der Waals surface area (Å²) in [6.45, 7) is 4.25. The molecule has 2 rings (SSSR count). The van der Waals surface area contributed by atoms with Gasteiger partial charge in [0.25, 0.3) is 0 Å². The molecule has 6 heteroatoms. The summed E-state index contributed by atoms with van der Waals surface area (Å²) in [6.07, 6.45) is 5.02. The Morgan fingerprint density at radius 3 is 2.36 bits per heavy atom. The molecule has 0 saturated heterocycles. The highest BCUT2D eigenvalue weighted by molar-refractivity contribution is 7.13. The van der Waals surface area contributed by atoms with Crippen molar-refractivity contribution in [2.75, 3.05) is 11.4 Å². The van der Waals surface area contributed by atoms with Crippen LogP contribution in [0.2, 0.25) is 0 Å². The quantitative estimate of drug-likeness (QED) is 0.515. The number of unbranched alkanes of at least 4 members (excludes halogenated alkanes) is 2. The lowest BCUT2D eigenvalue weighted by Crippen LogP contribution is -2.29. The Balaban J connectivity index is 1.93. The third-order valence-corrected chi connectivity index (χ3v) is 5.86. The predicted molar refractivity (Wildman–Crippen MR) is 113 cm³/mol. The molecule has 0 radical (unpaired) electrons. The highest BCUT2D eigenvalue weighted by Gasteiger charge is 2.14. The van der Waals surface area contributed by atoms with E-state index >= 15 is 0 Å². The lowest BCUT2D eigenvalue weighted by molar-refractivity contribution is -0.116. The Morgan fingerprint density at radius 2 is 1.79 bits per heavy atom. The first kappa shape index (κ1) is 22.1. The van der Waals surface area contributed by atoms with Gasteiger partial charge in [0.15, 0.2) is 0 Å². The van der Waals surface area contributed by atoms with Crippen molar-refractivity contribution in [1.82, 2.24) is 0 Å². The summed E-state index contributed by atoms with van der Waals surface area (Å²) in [5.41, 5.74) is 1.69. The number of rotatable bonds is 11. The third kappa shape index (κ3) is 6.46. The van der Waals surface area contributed by atoms with Crippen molar-refractivity contribution >= 4 is 28.9 Å². The molecule has 1 atom stereocenters. The predicted octanol–water partition coefficient (Wildman–Crippen LogP) is 5.05. The first-order chi connectivity index (χ1) is 13.4. The van der Waals surface area contributed by atoms with Crippen LogP contribution in [0.5, 0.6) is 0 Å². The molecule has 2 aromatic rings. The van der Waals surface area contributed by atoms with E-state index in [0.717, 1.165) is 54.7 Å². The molecule has 1 aromatic carbocycles. The van der Waals surface area contributed by atoms with Crippen LogP contribution in [0, 0.1) is 0 Å². The molecule has 0 aliphatic carbocycles. The number of amides is 1. The maximum atomic E-state index is 12.1. The first-order valence-corrected chi connectivity index (χ1v) is 10.6. The molecule has 0 aliphatic heterocycles. The van der Waals surface area contributed by atoms with Crippen molar-refractivity contribution in [2.24, 2.45) is 0 Å². The topological polar surface area (TPSA) is 77.8 Å². The number of carbonyl (C=O) groups is 2. The molecule has 0 aliphatic rings. The van der Waals surface area contributed by atoms with Crippen LogP contribution in [0.3, 0.4) is 0 Å². The van der Waals surface area contributed by atoms with Crippen LogP contribution in [-0.2, 0) is 11.2 Å². The summed E-state index contributed by atoms with van der Waals surface area (Å²) < 4.78 is 0. The van der Waals surface area contributed by atoms with Crippen molar-refractivity contribution in [3.05, 3.63) is 51.7 Å². The molecular weight excluding hydrogens is 374 g/mol. The van der Waals surface area contributed by atoms with Gasteiger partial charge < -0.3 is 15.1 Å². The minimum absolute atomic E-state index is 0.0337. The van der Waals surface area contributed by atoms with E-state index in [1.54, 1.807) is 17.9 Å². The molecule has 0 spiro atoms. The number of hydrogen-bond donors (Lipinski definition) is 2. The van der Waals surface area contributed by atoms with Gasteiger partial charge in [0.05, 0.1) is 6.10 Å². The van der Waals surface area contributed by atoms with Crippen molar-refractivity contribution in [3.63, 3.8) is 0 Å². The van der Waals surface area contributed by atoms with Crippen LogP contribution in [-0.4, -0.2) is 28.6 Å². The largest absolute Gasteiger partial charge is 0.477 e. The fourth-order valence-electron chi connectivity index (χ4n) is 3.14. The van der Waals surface area contributed by atoms with Crippen LogP contribution < -0.4 is 4.90 Å². The number of aliphatic hydroxyl groups is 1. The number of carboxylic acids is 1. The second-order valence-corrected chi connectivity index (χ2v) is 8.12. The minimum Gasteiger partial charge on any atom is -0.477 e. The van der Waals surface area contributed by atoms with E-state index in [0.29, 0.717) is 11.4 Å². The lowest BCUT2D eigenvalue weighted by atomic mass is 10.0. The summed E-state index contributed by atoms with van der Waals surface area (Å²) in [5.74, 6) is -0.938. The van der Waals surface area contributed by atoms with Crippen LogP contribution >= 0.6 is 11.3 Å². The maximum Gasteiger partial charge on any atom is 0.345 e. The Kier molecular flexibility index (Phi) is 8.67. The van der Waals surface area contributed by atoms with Crippen LogP contribution in [0.4, 0.5) is 5.69 Å². The van der Waals surface area contributed by atoms with Gasteiger partial charge in [-0.15, -0.1) is 11.3 Å². The SMILES string of the molecule is CCCCCC(O)c1ccc(N(CCCc2ccc(C(=O)O)s2)C(C)=O)cc1. The summed E-state index contributed by atoms with van der Waals surface area (Å²) in [7, 11) is 0. The Morgan fingerprint density at radius 1 is 1.07 bits per heavy atom. The number of aliphatic hydroxyl groups excluding tert-OH is 1. The third-order valence-electron chi connectivity index (χ3n) is 4.73. The zero-order valence-electron chi connectivity index (χ0n) is 16.6. The van der Waals surface area contributed by atoms with Gasteiger partial charge in [-0.05, 0) is 49.1 Å². The van der Waals surface area contributed by atoms with E-state index in [9.17, 15) is 14.7 Å².